The summed E-state index contributed by atoms with van der Waals surface area (Å²) in [6.07, 6.45) is 0.614. The summed E-state index contributed by atoms with van der Waals surface area (Å²) in [5.74, 6) is 0.804. The van der Waals surface area contributed by atoms with Gasteiger partial charge in [-0.3, -0.25) is 5.43 Å². The molecule has 3 nitrogen and oxygen atoms in total. The number of nitrogens with one attached hydrogen (secondary N) is 1. The van der Waals surface area contributed by atoms with Crippen molar-refractivity contribution < 1.29 is 4.74 Å². The van der Waals surface area contributed by atoms with Crippen LogP contribution in [-0.2, 0) is 0 Å². The Hall–Kier alpha value is -2.78. The minimum atomic E-state index is -0.0637. The monoisotopic (exact) mass is 348 g/mol. The molecule has 0 saturated heterocycles. The molecule has 1 heterocycles. The summed E-state index contributed by atoms with van der Waals surface area (Å²) in [4.78, 5) is 0. The highest BCUT2D eigenvalue weighted by Gasteiger charge is 2.26. The summed E-state index contributed by atoms with van der Waals surface area (Å²) in [6.45, 7) is 0. The first-order valence-corrected chi connectivity index (χ1v) is 8.56. The fraction of sp³-hybridized carbons (Fsp3) is 0.0952. The van der Waals surface area contributed by atoms with Gasteiger partial charge >= 0.3 is 0 Å². The quantitative estimate of drug-likeness (QED) is 0.618. The zero-order valence-corrected chi connectivity index (χ0v) is 14.3. The van der Waals surface area contributed by atoms with Crippen LogP contribution in [0.1, 0.15) is 23.7 Å². The third-order valence-corrected chi connectivity index (χ3v) is 4.40. The fourth-order valence-electron chi connectivity index (χ4n) is 2.92. The van der Waals surface area contributed by atoms with Crippen LogP contribution >= 0.6 is 11.6 Å². The van der Waals surface area contributed by atoms with E-state index in [1.54, 1.807) is 0 Å². The zero-order valence-electron chi connectivity index (χ0n) is 13.5. The lowest BCUT2D eigenvalue weighted by atomic mass is 9.95. The molecule has 0 aliphatic carbocycles. The molecule has 0 saturated carbocycles. The van der Waals surface area contributed by atoms with E-state index in [1.807, 2.05) is 66.7 Å². The molecule has 0 radical (unpaired) electrons. The van der Waals surface area contributed by atoms with E-state index in [9.17, 15) is 0 Å². The van der Waals surface area contributed by atoms with Crippen molar-refractivity contribution in [3.8, 4) is 5.75 Å². The number of fused-ring (bicyclic) bond motifs is 1. The fourth-order valence-corrected chi connectivity index (χ4v) is 3.09. The topological polar surface area (TPSA) is 33.6 Å². The Kier molecular flexibility index (Phi) is 4.40. The molecule has 0 aromatic heterocycles. The largest absolute Gasteiger partial charge is 0.485 e. The summed E-state index contributed by atoms with van der Waals surface area (Å²) in [5, 5.41) is 5.31. The van der Waals surface area contributed by atoms with Gasteiger partial charge in [0.1, 0.15) is 11.9 Å². The first-order chi connectivity index (χ1) is 12.3. The van der Waals surface area contributed by atoms with Crippen LogP contribution < -0.4 is 10.2 Å². The smallest absolute Gasteiger partial charge is 0.129 e. The van der Waals surface area contributed by atoms with Crippen molar-refractivity contribution in [3.05, 3.63) is 95.0 Å². The van der Waals surface area contributed by atoms with E-state index in [1.165, 1.54) is 0 Å². The molecule has 0 fully saturated rings. The van der Waals surface area contributed by atoms with Gasteiger partial charge in [-0.2, -0.15) is 5.10 Å². The molecule has 1 aliphatic heterocycles. The molecular formula is C21H17ClN2O. The number of para-hydroxylation sites is 1. The minimum absolute atomic E-state index is 0.0637. The number of halogens is 1. The van der Waals surface area contributed by atoms with Crippen LogP contribution in [0.25, 0.3) is 0 Å². The maximum Gasteiger partial charge on any atom is 0.129 e. The van der Waals surface area contributed by atoms with E-state index in [4.69, 9.17) is 16.3 Å². The van der Waals surface area contributed by atoms with Crippen LogP contribution in [0.2, 0.25) is 5.02 Å². The van der Waals surface area contributed by atoms with Gasteiger partial charge in [0.05, 0.1) is 11.4 Å². The second-order valence-corrected chi connectivity index (χ2v) is 6.33. The van der Waals surface area contributed by atoms with Gasteiger partial charge in [0.25, 0.3) is 0 Å². The predicted molar refractivity (Wildman–Crippen MR) is 102 cm³/mol. The van der Waals surface area contributed by atoms with Crippen LogP contribution in [0.15, 0.2) is 84.0 Å². The molecule has 0 spiro atoms. The number of nitrogens with zero attached hydrogens (tertiary/aromatic N) is 1. The number of benzene rings is 3. The molecule has 3 aromatic rings. The number of hydrogen-bond acceptors (Lipinski definition) is 3. The van der Waals surface area contributed by atoms with Crippen LogP contribution in [0.5, 0.6) is 5.75 Å². The van der Waals surface area contributed by atoms with Crippen LogP contribution in [-0.4, -0.2) is 5.71 Å². The molecule has 1 atom stereocenters. The summed E-state index contributed by atoms with van der Waals surface area (Å²) in [6, 6.07) is 25.8. The molecule has 0 amide bonds. The highest BCUT2D eigenvalue weighted by atomic mass is 35.5. The first kappa shape index (κ1) is 15.7. The standard InChI is InChI=1S/C21H17ClN2O/c22-16-11-12-20-18(13-16)19(24-23-17-9-5-2-6-10-17)14-21(25-20)15-7-3-1-4-8-15/h1-13,21,23H,14H2/b24-19+. The lowest BCUT2D eigenvalue weighted by Gasteiger charge is -2.27. The van der Waals surface area contributed by atoms with Crippen LogP contribution in [0.4, 0.5) is 5.69 Å². The van der Waals surface area contributed by atoms with Gasteiger partial charge < -0.3 is 4.74 Å². The molecule has 25 heavy (non-hydrogen) atoms. The van der Waals surface area contributed by atoms with E-state index < -0.39 is 0 Å². The summed E-state index contributed by atoms with van der Waals surface area (Å²) < 4.78 is 6.19. The van der Waals surface area contributed by atoms with E-state index in [-0.39, 0.29) is 6.10 Å². The first-order valence-electron chi connectivity index (χ1n) is 8.19. The Bertz CT molecular complexity index is 894. The normalized spacial score (nSPS) is 17.6. The van der Waals surface area contributed by atoms with Gasteiger partial charge in [-0.15, -0.1) is 0 Å². The molecule has 1 aliphatic rings. The lowest BCUT2D eigenvalue weighted by Crippen LogP contribution is -2.22. The van der Waals surface area contributed by atoms with Crippen molar-refractivity contribution in [2.45, 2.75) is 12.5 Å². The van der Waals surface area contributed by atoms with Crippen molar-refractivity contribution in [1.82, 2.24) is 0 Å². The summed E-state index contributed by atoms with van der Waals surface area (Å²) in [7, 11) is 0. The molecule has 4 rings (SSSR count). The van der Waals surface area contributed by atoms with Crippen molar-refractivity contribution >= 4 is 23.0 Å². The molecular weight excluding hydrogens is 332 g/mol. The van der Waals surface area contributed by atoms with Gasteiger partial charge in [0.15, 0.2) is 0 Å². The van der Waals surface area contributed by atoms with E-state index in [0.29, 0.717) is 11.4 Å². The Morgan fingerprint density at radius 2 is 1.64 bits per heavy atom. The van der Waals surface area contributed by atoms with Crippen molar-refractivity contribution in [1.29, 1.82) is 0 Å². The number of anilines is 1. The SMILES string of the molecule is Clc1ccc2c(c1)/C(=N/Nc1ccccc1)CC(c1ccccc1)O2. The summed E-state index contributed by atoms with van der Waals surface area (Å²) >= 11 is 6.18. The third-order valence-electron chi connectivity index (χ3n) is 4.17. The van der Waals surface area contributed by atoms with E-state index in [2.05, 4.69) is 22.7 Å². The highest BCUT2D eigenvalue weighted by molar-refractivity contribution is 6.31. The molecule has 4 heteroatoms. The van der Waals surface area contributed by atoms with Gasteiger partial charge in [-0.25, -0.2) is 0 Å². The Morgan fingerprint density at radius 1 is 0.920 bits per heavy atom. The van der Waals surface area contributed by atoms with Gasteiger partial charge in [-0.05, 0) is 35.9 Å². The second kappa shape index (κ2) is 6.99. The third kappa shape index (κ3) is 3.52. The number of hydrogen-bond donors (Lipinski definition) is 1. The number of ether oxygens (including phenoxy) is 1. The molecule has 1 N–H and O–H groups in total. The van der Waals surface area contributed by atoms with Crippen molar-refractivity contribution in [3.63, 3.8) is 0 Å². The average molecular weight is 349 g/mol. The van der Waals surface area contributed by atoms with Crippen molar-refractivity contribution in [2.24, 2.45) is 5.10 Å². The van der Waals surface area contributed by atoms with Crippen molar-refractivity contribution in [2.75, 3.05) is 5.43 Å². The van der Waals surface area contributed by atoms with Gasteiger partial charge in [0.2, 0.25) is 0 Å². The maximum absolute atomic E-state index is 6.19. The zero-order chi connectivity index (χ0) is 17.1. The predicted octanol–water partition coefficient (Wildman–Crippen LogP) is 5.68. The minimum Gasteiger partial charge on any atom is -0.485 e. The van der Waals surface area contributed by atoms with Crippen LogP contribution in [0, 0.1) is 0 Å². The highest BCUT2D eigenvalue weighted by Crippen LogP contribution is 2.36. The summed E-state index contributed by atoms with van der Waals surface area (Å²) in [5.41, 5.74) is 7.08. The molecule has 0 bridgehead atoms. The van der Waals surface area contributed by atoms with Gasteiger partial charge in [0, 0.05) is 17.0 Å². The van der Waals surface area contributed by atoms with E-state index in [0.717, 1.165) is 28.3 Å². The number of hydrazone groups is 1. The Labute approximate surface area is 151 Å². The van der Waals surface area contributed by atoms with Crippen LogP contribution in [0.3, 0.4) is 0 Å². The number of rotatable bonds is 3. The molecule has 1 unspecified atom stereocenters. The van der Waals surface area contributed by atoms with Gasteiger partial charge in [-0.1, -0.05) is 60.1 Å². The second-order valence-electron chi connectivity index (χ2n) is 5.90. The van der Waals surface area contributed by atoms with E-state index >= 15 is 0 Å². The molecule has 124 valence electrons. The Balaban J connectivity index is 1.69. The average Bonchev–Trinajstić information content (AvgIpc) is 2.67. The maximum atomic E-state index is 6.19. The Morgan fingerprint density at radius 3 is 2.40 bits per heavy atom. The lowest BCUT2D eigenvalue weighted by molar-refractivity contribution is 0.206. The molecule has 3 aromatic carbocycles.